The van der Waals surface area contributed by atoms with Gasteiger partial charge < -0.3 is 5.11 Å². The van der Waals surface area contributed by atoms with Gasteiger partial charge >= 0.3 is 0 Å². The van der Waals surface area contributed by atoms with E-state index in [4.69, 9.17) is 0 Å². The summed E-state index contributed by atoms with van der Waals surface area (Å²) >= 11 is 4.16. The summed E-state index contributed by atoms with van der Waals surface area (Å²) < 4.78 is 26.9. The van der Waals surface area contributed by atoms with Crippen LogP contribution in [0, 0.1) is 10.1 Å². The largest absolute Gasteiger partial charge is 0.505 e. The van der Waals surface area contributed by atoms with Crippen LogP contribution in [0.3, 0.4) is 0 Å². The first-order valence-corrected chi connectivity index (χ1v) is 8.14. The zero-order valence-electron chi connectivity index (χ0n) is 9.61. The van der Waals surface area contributed by atoms with Gasteiger partial charge in [-0.25, -0.2) is 8.42 Å². The van der Waals surface area contributed by atoms with Crippen molar-refractivity contribution >= 4 is 48.7 Å². The quantitative estimate of drug-likeness (QED) is 0.482. The van der Waals surface area contributed by atoms with Crippen LogP contribution in [0.4, 0.5) is 11.4 Å². The number of aromatic hydroxyl groups is 1. The topological polar surface area (TPSA) is 110 Å². The van der Waals surface area contributed by atoms with Crippen molar-refractivity contribution in [1.82, 2.24) is 0 Å². The lowest BCUT2D eigenvalue weighted by molar-refractivity contribution is -0.384. The van der Waals surface area contributed by atoms with Crippen LogP contribution in [0.15, 0.2) is 38.3 Å². The Hall–Kier alpha value is -1.65. The van der Waals surface area contributed by atoms with Gasteiger partial charge in [0.15, 0.2) is 0 Å². The van der Waals surface area contributed by atoms with E-state index in [2.05, 4.69) is 20.7 Å². The van der Waals surface area contributed by atoms with Gasteiger partial charge in [-0.05, 0) is 34.1 Å². The standard InChI is InChI=1S/C10H7BrN2O5S2/c11-9-3-4-10(19-9)20(17,18)12-7-2-1-6(13(15)16)5-8(7)14/h1-5,12,14H. The van der Waals surface area contributed by atoms with E-state index in [0.29, 0.717) is 3.79 Å². The number of phenolic OH excluding ortho intramolecular Hbond substituents is 1. The van der Waals surface area contributed by atoms with E-state index in [-0.39, 0.29) is 15.6 Å². The van der Waals surface area contributed by atoms with E-state index in [9.17, 15) is 23.6 Å². The number of nitro benzene ring substituents is 1. The van der Waals surface area contributed by atoms with Crippen LogP contribution in [0.25, 0.3) is 0 Å². The van der Waals surface area contributed by atoms with E-state index >= 15 is 0 Å². The summed E-state index contributed by atoms with van der Waals surface area (Å²) in [6.45, 7) is 0. The Labute approximate surface area is 126 Å². The van der Waals surface area contributed by atoms with E-state index in [1.54, 1.807) is 6.07 Å². The summed E-state index contributed by atoms with van der Waals surface area (Å²) in [5.41, 5.74) is -0.454. The zero-order chi connectivity index (χ0) is 14.9. The molecule has 106 valence electrons. The highest BCUT2D eigenvalue weighted by molar-refractivity contribution is 9.11. The summed E-state index contributed by atoms with van der Waals surface area (Å²) in [7, 11) is -3.84. The van der Waals surface area contributed by atoms with Gasteiger partial charge in [0, 0.05) is 6.07 Å². The first-order valence-electron chi connectivity index (χ1n) is 5.05. The van der Waals surface area contributed by atoms with Crippen molar-refractivity contribution in [3.63, 3.8) is 0 Å². The van der Waals surface area contributed by atoms with Gasteiger partial charge in [0.1, 0.15) is 9.96 Å². The molecule has 20 heavy (non-hydrogen) atoms. The van der Waals surface area contributed by atoms with Gasteiger partial charge in [0.2, 0.25) is 0 Å². The second-order valence-electron chi connectivity index (χ2n) is 3.62. The number of rotatable bonds is 4. The van der Waals surface area contributed by atoms with Crippen molar-refractivity contribution in [1.29, 1.82) is 0 Å². The molecule has 0 aliphatic carbocycles. The second kappa shape index (κ2) is 5.38. The van der Waals surface area contributed by atoms with Crippen LogP contribution in [0.1, 0.15) is 0 Å². The number of thiophene rings is 1. The summed E-state index contributed by atoms with van der Waals surface area (Å²) in [5.74, 6) is -0.515. The zero-order valence-corrected chi connectivity index (χ0v) is 12.8. The van der Waals surface area contributed by atoms with Gasteiger partial charge in [-0.1, -0.05) is 0 Å². The highest BCUT2D eigenvalue weighted by atomic mass is 79.9. The molecule has 0 aliphatic rings. The number of sulfonamides is 1. The Morgan fingerprint density at radius 3 is 2.50 bits per heavy atom. The number of non-ortho nitro benzene ring substituents is 1. The lowest BCUT2D eigenvalue weighted by atomic mass is 10.3. The number of benzene rings is 1. The van der Waals surface area contributed by atoms with Crippen LogP contribution >= 0.6 is 27.3 Å². The molecule has 1 heterocycles. The molecule has 0 unspecified atom stereocenters. The average Bonchev–Trinajstić information content (AvgIpc) is 2.79. The maximum Gasteiger partial charge on any atom is 0.273 e. The van der Waals surface area contributed by atoms with Gasteiger partial charge in [-0.15, -0.1) is 11.3 Å². The van der Waals surface area contributed by atoms with Crippen LogP contribution in [-0.2, 0) is 10.0 Å². The van der Waals surface area contributed by atoms with Crippen molar-refractivity contribution < 1.29 is 18.4 Å². The van der Waals surface area contributed by atoms with E-state index in [1.807, 2.05) is 0 Å². The first kappa shape index (κ1) is 14.8. The molecule has 2 rings (SSSR count). The molecule has 0 spiro atoms. The SMILES string of the molecule is O=[N+]([O-])c1ccc(NS(=O)(=O)c2ccc(Br)s2)c(O)c1. The fourth-order valence-electron chi connectivity index (χ4n) is 1.36. The van der Waals surface area contributed by atoms with Gasteiger partial charge in [-0.3, -0.25) is 14.8 Å². The molecular weight excluding hydrogens is 372 g/mol. The first-order chi connectivity index (χ1) is 9.29. The second-order valence-corrected chi connectivity index (χ2v) is 7.99. The molecule has 0 radical (unpaired) electrons. The molecule has 0 saturated carbocycles. The molecule has 1 aromatic carbocycles. The number of nitro groups is 1. The predicted octanol–water partition coefficient (Wildman–Crippen LogP) is 2.93. The molecule has 0 bridgehead atoms. The van der Waals surface area contributed by atoms with Gasteiger partial charge in [0.05, 0.1) is 20.5 Å². The Bertz CT molecular complexity index is 772. The predicted molar refractivity (Wildman–Crippen MR) is 77.6 cm³/mol. The number of halogens is 1. The Morgan fingerprint density at radius 1 is 1.30 bits per heavy atom. The van der Waals surface area contributed by atoms with Crippen LogP contribution in [-0.4, -0.2) is 18.4 Å². The van der Waals surface area contributed by atoms with Crippen LogP contribution < -0.4 is 4.72 Å². The highest BCUT2D eigenvalue weighted by Crippen LogP contribution is 2.32. The third-order valence-corrected chi connectivity index (χ3v) is 5.73. The fourth-order valence-corrected chi connectivity index (χ4v) is 4.44. The maximum absolute atomic E-state index is 12.0. The van der Waals surface area contributed by atoms with E-state index < -0.39 is 20.7 Å². The molecule has 2 N–H and O–H groups in total. The summed E-state index contributed by atoms with van der Waals surface area (Å²) in [6, 6.07) is 6.09. The molecular formula is C10H7BrN2O5S2. The molecule has 0 aliphatic heterocycles. The smallest absolute Gasteiger partial charge is 0.273 e. The molecule has 7 nitrogen and oxygen atoms in total. The Kier molecular flexibility index (Phi) is 3.97. The number of nitrogens with zero attached hydrogens (tertiary/aromatic N) is 1. The van der Waals surface area contributed by atoms with E-state index in [0.717, 1.165) is 29.5 Å². The minimum atomic E-state index is -3.84. The molecule has 2 aromatic rings. The third kappa shape index (κ3) is 3.08. The molecule has 10 heteroatoms. The monoisotopic (exact) mass is 378 g/mol. The number of anilines is 1. The van der Waals surface area contributed by atoms with Gasteiger partial charge in [0.25, 0.3) is 15.7 Å². The Morgan fingerprint density at radius 2 is 2.00 bits per heavy atom. The molecule has 1 aromatic heterocycles. The number of hydrogen-bond donors (Lipinski definition) is 2. The van der Waals surface area contributed by atoms with Crippen LogP contribution in [0.2, 0.25) is 0 Å². The maximum atomic E-state index is 12.0. The summed E-state index contributed by atoms with van der Waals surface area (Å²) in [4.78, 5) is 9.84. The fraction of sp³-hybridized carbons (Fsp3) is 0. The van der Waals surface area contributed by atoms with E-state index in [1.165, 1.54) is 6.07 Å². The van der Waals surface area contributed by atoms with Crippen molar-refractivity contribution in [2.24, 2.45) is 0 Å². The molecule has 0 saturated heterocycles. The van der Waals surface area contributed by atoms with Crippen LogP contribution in [0.5, 0.6) is 5.75 Å². The average molecular weight is 379 g/mol. The summed E-state index contributed by atoms with van der Waals surface area (Å²) in [6.07, 6.45) is 0. The molecule has 0 fully saturated rings. The van der Waals surface area contributed by atoms with Crippen molar-refractivity contribution in [3.05, 3.63) is 44.2 Å². The minimum Gasteiger partial charge on any atom is -0.505 e. The summed E-state index contributed by atoms with van der Waals surface area (Å²) in [5, 5.41) is 20.1. The lowest BCUT2D eigenvalue weighted by Crippen LogP contribution is -2.11. The van der Waals surface area contributed by atoms with Crippen molar-refractivity contribution in [2.45, 2.75) is 4.21 Å². The van der Waals surface area contributed by atoms with Gasteiger partial charge in [-0.2, -0.15) is 0 Å². The number of phenols is 1. The Balaban J connectivity index is 2.32. The lowest BCUT2D eigenvalue weighted by Gasteiger charge is -2.07. The highest BCUT2D eigenvalue weighted by Gasteiger charge is 2.19. The number of nitrogens with one attached hydrogen (secondary N) is 1. The third-order valence-electron chi connectivity index (χ3n) is 2.25. The normalized spacial score (nSPS) is 11.2. The van der Waals surface area contributed by atoms with Crippen molar-refractivity contribution in [2.75, 3.05) is 4.72 Å². The molecule has 0 amide bonds. The molecule has 0 atom stereocenters. The number of hydrogen-bond acceptors (Lipinski definition) is 6. The van der Waals surface area contributed by atoms with Crippen molar-refractivity contribution in [3.8, 4) is 5.75 Å². The minimum absolute atomic E-state index is 0.0575.